The SMILES string of the molecule is O=C(O)C(O)C(O)C(=O)Nc1ccccc1[N+](=O)[O-]. The number of benzene rings is 1. The zero-order chi connectivity index (χ0) is 14.6. The molecule has 0 spiro atoms. The zero-order valence-electron chi connectivity index (χ0n) is 9.39. The number of nitrogens with zero attached hydrogens (tertiary/aromatic N) is 1. The van der Waals surface area contributed by atoms with Gasteiger partial charge in [0.05, 0.1) is 4.92 Å². The minimum absolute atomic E-state index is 0.214. The average molecular weight is 270 g/mol. The maximum Gasteiger partial charge on any atom is 0.335 e. The molecule has 0 bridgehead atoms. The largest absolute Gasteiger partial charge is 0.479 e. The van der Waals surface area contributed by atoms with Gasteiger partial charge in [-0.25, -0.2) is 4.79 Å². The van der Waals surface area contributed by atoms with Crippen LogP contribution < -0.4 is 5.32 Å². The van der Waals surface area contributed by atoms with E-state index >= 15 is 0 Å². The van der Waals surface area contributed by atoms with Gasteiger partial charge in [0.25, 0.3) is 11.6 Å². The van der Waals surface area contributed by atoms with Gasteiger partial charge in [0.2, 0.25) is 0 Å². The van der Waals surface area contributed by atoms with Crippen LogP contribution in [0, 0.1) is 10.1 Å². The fourth-order valence-electron chi connectivity index (χ4n) is 1.22. The Labute approximate surface area is 106 Å². The van der Waals surface area contributed by atoms with Gasteiger partial charge < -0.3 is 20.6 Å². The van der Waals surface area contributed by atoms with Gasteiger partial charge in [0, 0.05) is 6.07 Å². The molecule has 9 nitrogen and oxygen atoms in total. The Morgan fingerprint density at radius 2 is 1.79 bits per heavy atom. The van der Waals surface area contributed by atoms with Gasteiger partial charge in [-0.05, 0) is 6.07 Å². The molecule has 0 aromatic heterocycles. The number of amides is 1. The molecular weight excluding hydrogens is 260 g/mol. The van der Waals surface area contributed by atoms with Crippen LogP contribution in [0.5, 0.6) is 0 Å². The van der Waals surface area contributed by atoms with Crippen molar-refractivity contribution in [2.45, 2.75) is 12.2 Å². The van der Waals surface area contributed by atoms with E-state index in [9.17, 15) is 24.8 Å². The van der Waals surface area contributed by atoms with Crippen LogP contribution in [-0.4, -0.2) is 44.3 Å². The fourth-order valence-corrected chi connectivity index (χ4v) is 1.22. The normalized spacial score (nSPS) is 13.4. The lowest BCUT2D eigenvalue weighted by molar-refractivity contribution is -0.383. The number of aliphatic carboxylic acids is 1. The molecule has 9 heteroatoms. The molecule has 0 radical (unpaired) electrons. The molecule has 0 aliphatic heterocycles. The van der Waals surface area contributed by atoms with Crippen molar-refractivity contribution >= 4 is 23.3 Å². The third-order valence-electron chi connectivity index (χ3n) is 2.18. The lowest BCUT2D eigenvalue weighted by Crippen LogP contribution is -2.42. The Kier molecular flexibility index (Phi) is 4.51. The van der Waals surface area contributed by atoms with Gasteiger partial charge in [-0.3, -0.25) is 14.9 Å². The van der Waals surface area contributed by atoms with Crippen LogP contribution in [-0.2, 0) is 9.59 Å². The summed E-state index contributed by atoms with van der Waals surface area (Å²) < 4.78 is 0. The van der Waals surface area contributed by atoms with E-state index in [1.807, 2.05) is 5.32 Å². The number of carboxylic acid groups (broad SMARTS) is 1. The molecule has 0 heterocycles. The van der Waals surface area contributed by atoms with Crippen LogP contribution in [0.15, 0.2) is 24.3 Å². The van der Waals surface area contributed by atoms with E-state index in [0.29, 0.717) is 0 Å². The molecule has 1 aromatic rings. The summed E-state index contributed by atoms with van der Waals surface area (Å²) in [4.78, 5) is 31.7. The number of nitro benzene ring substituents is 1. The average Bonchev–Trinajstić information content (AvgIpc) is 2.37. The number of nitrogens with one attached hydrogen (secondary N) is 1. The molecular formula is C10H10N2O7. The van der Waals surface area contributed by atoms with Crippen molar-refractivity contribution in [1.29, 1.82) is 0 Å². The lowest BCUT2D eigenvalue weighted by Gasteiger charge is -2.13. The summed E-state index contributed by atoms with van der Waals surface area (Å²) in [5.74, 6) is -3.05. The molecule has 1 rings (SSSR count). The van der Waals surface area contributed by atoms with Crippen molar-refractivity contribution in [2.75, 3.05) is 5.32 Å². The summed E-state index contributed by atoms with van der Waals surface area (Å²) in [5, 5.41) is 39.3. The van der Waals surface area contributed by atoms with Gasteiger partial charge in [-0.1, -0.05) is 12.1 Å². The molecule has 0 fully saturated rings. The number of anilines is 1. The highest BCUT2D eigenvalue weighted by Crippen LogP contribution is 2.23. The van der Waals surface area contributed by atoms with Gasteiger partial charge in [-0.2, -0.15) is 0 Å². The number of aliphatic hydroxyl groups excluding tert-OH is 2. The number of nitro groups is 1. The highest BCUT2D eigenvalue weighted by Gasteiger charge is 2.31. The lowest BCUT2D eigenvalue weighted by atomic mass is 10.2. The van der Waals surface area contributed by atoms with Crippen LogP contribution in [0.2, 0.25) is 0 Å². The van der Waals surface area contributed by atoms with Crippen molar-refractivity contribution in [3.05, 3.63) is 34.4 Å². The number of hydrogen-bond donors (Lipinski definition) is 4. The van der Waals surface area contributed by atoms with Crippen molar-refractivity contribution in [2.24, 2.45) is 0 Å². The van der Waals surface area contributed by atoms with Gasteiger partial charge in [-0.15, -0.1) is 0 Å². The molecule has 2 atom stereocenters. The van der Waals surface area contributed by atoms with Crippen molar-refractivity contribution in [1.82, 2.24) is 0 Å². The molecule has 1 aromatic carbocycles. The van der Waals surface area contributed by atoms with Gasteiger partial charge in [0.15, 0.2) is 12.2 Å². The van der Waals surface area contributed by atoms with Crippen LogP contribution in [0.1, 0.15) is 0 Å². The predicted octanol–water partition coefficient (Wildman–Crippen LogP) is -0.660. The summed E-state index contributed by atoms with van der Waals surface area (Å²) in [6.45, 7) is 0. The van der Waals surface area contributed by atoms with E-state index in [-0.39, 0.29) is 5.69 Å². The molecule has 0 saturated carbocycles. The van der Waals surface area contributed by atoms with Crippen LogP contribution in [0.3, 0.4) is 0 Å². The minimum atomic E-state index is -2.32. The molecule has 1 amide bonds. The zero-order valence-corrected chi connectivity index (χ0v) is 9.39. The smallest absolute Gasteiger partial charge is 0.335 e. The van der Waals surface area contributed by atoms with E-state index in [2.05, 4.69) is 0 Å². The van der Waals surface area contributed by atoms with Crippen molar-refractivity contribution in [3.8, 4) is 0 Å². The van der Waals surface area contributed by atoms with E-state index in [0.717, 1.165) is 6.07 Å². The molecule has 4 N–H and O–H groups in total. The number of rotatable bonds is 5. The molecule has 0 aliphatic rings. The minimum Gasteiger partial charge on any atom is -0.479 e. The Hall–Kier alpha value is -2.52. The summed E-state index contributed by atoms with van der Waals surface area (Å²) in [6.07, 6.45) is -4.56. The summed E-state index contributed by atoms with van der Waals surface area (Å²) >= 11 is 0. The quantitative estimate of drug-likeness (QED) is 0.409. The number of carbonyl (C=O) groups is 2. The van der Waals surface area contributed by atoms with Gasteiger partial charge >= 0.3 is 5.97 Å². The summed E-state index contributed by atoms with van der Waals surface area (Å²) in [7, 11) is 0. The first kappa shape index (κ1) is 14.5. The predicted molar refractivity (Wildman–Crippen MR) is 61.4 cm³/mol. The van der Waals surface area contributed by atoms with Crippen molar-refractivity contribution in [3.63, 3.8) is 0 Å². The molecule has 19 heavy (non-hydrogen) atoms. The third kappa shape index (κ3) is 3.47. The Bertz CT molecular complexity index is 516. The number of carbonyl (C=O) groups excluding carboxylic acids is 1. The van der Waals surface area contributed by atoms with Crippen LogP contribution in [0.25, 0.3) is 0 Å². The highest BCUT2D eigenvalue weighted by molar-refractivity contribution is 5.98. The highest BCUT2D eigenvalue weighted by atomic mass is 16.6. The number of hydrogen-bond acceptors (Lipinski definition) is 6. The Morgan fingerprint density at radius 1 is 1.21 bits per heavy atom. The summed E-state index contributed by atoms with van der Waals surface area (Å²) in [6, 6.07) is 5.10. The Balaban J connectivity index is 2.88. The topological polar surface area (TPSA) is 150 Å². The first-order valence-electron chi connectivity index (χ1n) is 4.98. The first-order chi connectivity index (χ1) is 8.84. The van der Waals surface area contributed by atoms with Crippen molar-refractivity contribution < 1.29 is 29.8 Å². The fraction of sp³-hybridized carbons (Fsp3) is 0.200. The van der Waals surface area contributed by atoms with E-state index in [1.165, 1.54) is 18.2 Å². The molecule has 0 saturated heterocycles. The number of aliphatic hydroxyl groups is 2. The molecule has 0 aliphatic carbocycles. The summed E-state index contributed by atoms with van der Waals surface area (Å²) in [5.41, 5.74) is -0.637. The molecule has 102 valence electrons. The third-order valence-corrected chi connectivity index (χ3v) is 2.18. The second-order valence-corrected chi connectivity index (χ2v) is 3.49. The van der Waals surface area contributed by atoms with E-state index in [4.69, 9.17) is 10.2 Å². The first-order valence-corrected chi connectivity index (χ1v) is 4.98. The maximum absolute atomic E-state index is 11.4. The second-order valence-electron chi connectivity index (χ2n) is 3.49. The maximum atomic E-state index is 11.4. The standard InChI is InChI=1S/C10H10N2O7/c13-7(8(14)10(16)17)9(15)11-5-3-1-2-4-6(5)12(18)19/h1-4,7-8,13-14H,(H,11,15)(H,16,17). The second kappa shape index (κ2) is 5.89. The number of para-hydroxylation sites is 2. The van der Waals surface area contributed by atoms with E-state index < -0.39 is 34.7 Å². The number of carboxylic acids is 1. The Morgan fingerprint density at radius 3 is 2.32 bits per heavy atom. The van der Waals surface area contributed by atoms with Crippen LogP contribution >= 0.6 is 0 Å². The van der Waals surface area contributed by atoms with Gasteiger partial charge in [0.1, 0.15) is 5.69 Å². The molecule has 2 unspecified atom stereocenters. The van der Waals surface area contributed by atoms with E-state index in [1.54, 1.807) is 0 Å². The monoisotopic (exact) mass is 270 g/mol. The van der Waals surface area contributed by atoms with Crippen LogP contribution in [0.4, 0.5) is 11.4 Å².